The first-order valence-corrected chi connectivity index (χ1v) is 5.29. The minimum absolute atomic E-state index is 0. The molecule has 0 aliphatic rings. The topological polar surface area (TPSA) is 144 Å². The van der Waals surface area contributed by atoms with Gasteiger partial charge in [-0.2, -0.15) is 8.42 Å². The van der Waals surface area contributed by atoms with E-state index in [0.29, 0.717) is 0 Å². The van der Waals surface area contributed by atoms with Crippen LogP contribution in [0.3, 0.4) is 0 Å². The first kappa shape index (κ1) is 22.9. The number of carbonyl (C=O) groups excluding carboxylic acids is 1. The van der Waals surface area contributed by atoms with Crippen molar-refractivity contribution in [1.82, 2.24) is 0 Å². The smallest absolute Gasteiger partial charge is 1.00 e. The molecule has 0 aromatic carbocycles. The average molecular weight is 289 g/mol. The standard InChI is InChI=1S/C6H11NO7S.2Na.2H/c1-3(7)14-6(10)4(2-5(8)9)15(11,12)13;;;;/h3-4H,2,7H2,1H3,(H,8,9)(H,11,12,13);;;;/q;2*+1;2*-1. The van der Waals surface area contributed by atoms with Crippen LogP contribution in [-0.2, 0) is 24.4 Å². The van der Waals surface area contributed by atoms with Crippen molar-refractivity contribution in [3.8, 4) is 0 Å². The van der Waals surface area contributed by atoms with Gasteiger partial charge in [0.05, 0.1) is 6.42 Å². The van der Waals surface area contributed by atoms with Gasteiger partial charge in [0.2, 0.25) is 0 Å². The average Bonchev–Trinajstić information content (AvgIpc) is 1.95. The van der Waals surface area contributed by atoms with Crippen LogP contribution in [0.5, 0.6) is 0 Å². The van der Waals surface area contributed by atoms with Gasteiger partial charge in [0.25, 0.3) is 10.1 Å². The summed E-state index contributed by atoms with van der Waals surface area (Å²) in [6, 6.07) is 0. The molecule has 0 spiro atoms. The quantitative estimate of drug-likeness (QED) is 0.196. The van der Waals surface area contributed by atoms with Crippen molar-refractivity contribution in [1.29, 1.82) is 0 Å². The molecule has 0 fully saturated rings. The van der Waals surface area contributed by atoms with Crippen LogP contribution in [0.15, 0.2) is 0 Å². The van der Waals surface area contributed by atoms with E-state index in [-0.39, 0.29) is 62.0 Å². The zero-order valence-corrected chi connectivity index (χ0v) is 14.6. The van der Waals surface area contributed by atoms with Crippen molar-refractivity contribution in [2.45, 2.75) is 24.8 Å². The normalized spacial score (nSPS) is 13.6. The maximum Gasteiger partial charge on any atom is 1.00 e. The van der Waals surface area contributed by atoms with Gasteiger partial charge in [-0.25, -0.2) is 0 Å². The van der Waals surface area contributed by atoms with E-state index in [1.807, 2.05) is 0 Å². The van der Waals surface area contributed by atoms with Crippen LogP contribution < -0.4 is 64.8 Å². The fraction of sp³-hybridized carbons (Fsp3) is 0.667. The Morgan fingerprint density at radius 3 is 2.06 bits per heavy atom. The minimum atomic E-state index is -4.82. The van der Waals surface area contributed by atoms with Crippen molar-refractivity contribution >= 4 is 22.1 Å². The number of hydrogen-bond acceptors (Lipinski definition) is 6. The summed E-state index contributed by atoms with van der Waals surface area (Å²) in [6.07, 6.45) is -2.17. The Balaban J connectivity index is -0.000000163. The summed E-state index contributed by atoms with van der Waals surface area (Å²) in [6.45, 7) is 1.25. The van der Waals surface area contributed by atoms with Crippen LogP contribution in [0.25, 0.3) is 0 Å². The summed E-state index contributed by atoms with van der Waals surface area (Å²) in [5, 5.41) is 6.16. The van der Waals surface area contributed by atoms with Crippen LogP contribution in [-0.4, -0.2) is 41.5 Å². The maximum atomic E-state index is 11.0. The maximum absolute atomic E-state index is 11.0. The molecule has 0 bridgehead atoms. The summed E-state index contributed by atoms with van der Waals surface area (Å²) in [5.74, 6) is -2.95. The summed E-state index contributed by atoms with van der Waals surface area (Å²) in [5.41, 5.74) is 5.04. The van der Waals surface area contributed by atoms with Gasteiger partial charge in [-0.15, -0.1) is 0 Å². The van der Waals surface area contributed by atoms with Crippen molar-refractivity contribution in [3.05, 3.63) is 0 Å². The largest absolute Gasteiger partial charge is 1.00 e. The van der Waals surface area contributed by atoms with E-state index in [1.54, 1.807) is 0 Å². The number of rotatable bonds is 5. The molecule has 0 rings (SSSR count). The molecule has 0 heterocycles. The molecule has 8 nitrogen and oxygen atoms in total. The van der Waals surface area contributed by atoms with Crippen LogP contribution in [0.4, 0.5) is 0 Å². The minimum Gasteiger partial charge on any atom is -1.00 e. The van der Waals surface area contributed by atoms with Gasteiger partial charge in [-0.3, -0.25) is 19.9 Å². The van der Waals surface area contributed by atoms with E-state index >= 15 is 0 Å². The van der Waals surface area contributed by atoms with Crippen LogP contribution >= 0.6 is 0 Å². The molecule has 0 saturated carbocycles. The van der Waals surface area contributed by atoms with Gasteiger partial charge >= 0.3 is 71.1 Å². The molecule has 2 atom stereocenters. The molecule has 2 unspecified atom stereocenters. The van der Waals surface area contributed by atoms with E-state index in [0.717, 1.165) is 0 Å². The zero-order valence-electron chi connectivity index (χ0n) is 11.8. The monoisotopic (exact) mass is 289 g/mol. The van der Waals surface area contributed by atoms with Crippen molar-refractivity contribution < 1.29 is 94.4 Å². The number of carboxylic acids is 1. The molecular weight excluding hydrogens is 276 g/mol. The van der Waals surface area contributed by atoms with Crippen LogP contribution in [0, 0.1) is 0 Å². The van der Waals surface area contributed by atoms with E-state index in [2.05, 4.69) is 4.74 Å². The van der Waals surface area contributed by atoms with Gasteiger partial charge in [-0.1, -0.05) is 0 Å². The second kappa shape index (κ2) is 9.70. The molecular formula is C6H13NNa2O7S. The van der Waals surface area contributed by atoms with Gasteiger partial charge in [-0.05, 0) is 6.92 Å². The Kier molecular flexibility index (Phi) is 13.1. The Labute approximate surface area is 146 Å². The molecule has 0 aliphatic heterocycles. The third-order valence-corrected chi connectivity index (χ3v) is 2.36. The third-order valence-electron chi connectivity index (χ3n) is 1.28. The molecule has 17 heavy (non-hydrogen) atoms. The number of nitrogens with two attached hydrogens (primary N) is 1. The SMILES string of the molecule is CC(N)OC(=O)C(CC(=O)O)S(=O)(=O)O.[H-].[H-].[Na+].[Na+]. The predicted octanol–water partition coefficient (Wildman–Crippen LogP) is -7.20. The molecule has 0 saturated heterocycles. The summed E-state index contributed by atoms with van der Waals surface area (Å²) in [4.78, 5) is 21.3. The Morgan fingerprint density at radius 1 is 1.41 bits per heavy atom. The number of esters is 1. The van der Waals surface area contributed by atoms with E-state index < -0.39 is 40.0 Å². The Hall–Kier alpha value is 0.810. The Bertz CT molecular complexity index is 365. The van der Waals surface area contributed by atoms with Gasteiger partial charge in [0, 0.05) is 0 Å². The molecule has 92 valence electrons. The van der Waals surface area contributed by atoms with Crippen molar-refractivity contribution in [3.63, 3.8) is 0 Å². The number of hydrogen-bond donors (Lipinski definition) is 3. The predicted molar refractivity (Wildman–Crippen MR) is 49.6 cm³/mol. The van der Waals surface area contributed by atoms with E-state index in [4.69, 9.17) is 15.4 Å². The number of carbonyl (C=O) groups is 2. The summed E-state index contributed by atoms with van der Waals surface area (Å²) < 4.78 is 34.1. The number of carboxylic acid groups (broad SMARTS) is 1. The molecule has 0 amide bonds. The van der Waals surface area contributed by atoms with Crippen molar-refractivity contribution in [2.75, 3.05) is 0 Å². The molecule has 11 heteroatoms. The fourth-order valence-electron chi connectivity index (χ4n) is 0.728. The van der Waals surface area contributed by atoms with E-state index in [1.165, 1.54) is 6.92 Å². The second-order valence-corrected chi connectivity index (χ2v) is 4.34. The first-order valence-electron chi connectivity index (χ1n) is 3.78. The second-order valence-electron chi connectivity index (χ2n) is 2.74. The zero-order chi connectivity index (χ0) is 12.2. The molecule has 0 aromatic rings. The van der Waals surface area contributed by atoms with Gasteiger partial charge in [0.15, 0.2) is 5.25 Å². The first-order chi connectivity index (χ1) is 6.64. The summed E-state index contributed by atoms with van der Waals surface area (Å²) in [7, 11) is -4.82. The van der Waals surface area contributed by atoms with E-state index in [9.17, 15) is 18.0 Å². The Morgan fingerprint density at radius 2 is 1.82 bits per heavy atom. The molecule has 0 aliphatic carbocycles. The molecule has 4 N–H and O–H groups in total. The van der Waals surface area contributed by atoms with Crippen LogP contribution in [0.1, 0.15) is 16.2 Å². The van der Waals surface area contributed by atoms with Gasteiger partial charge < -0.3 is 12.7 Å². The fourth-order valence-corrected chi connectivity index (χ4v) is 1.38. The summed E-state index contributed by atoms with van der Waals surface area (Å²) >= 11 is 0. The third kappa shape index (κ3) is 10.4. The van der Waals surface area contributed by atoms with Crippen LogP contribution in [0.2, 0.25) is 0 Å². The van der Waals surface area contributed by atoms with Gasteiger partial charge in [0.1, 0.15) is 6.23 Å². The molecule has 0 aromatic heterocycles. The number of ether oxygens (including phenoxy) is 1. The number of aliphatic carboxylic acids is 1. The van der Waals surface area contributed by atoms with Crippen molar-refractivity contribution in [2.24, 2.45) is 5.73 Å². The molecule has 0 radical (unpaired) electrons.